The van der Waals surface area contributed by atoms with Gasteiger partial charge in [0.25, 0.3) is 11.1 Å². The van der Waals surface area contributed by atoms with Crippen molar-refractivity contribution in [1.29, 1.82) is 0 Å². The highest BCUT2D eigenvalue weighted by Crippen LogP contribution is 2.58. The lowest BCUT2D eigenvalue weighted by atomic mass is 10.1. The number of aromatic amines is 2. The summed E-state index contributed by atoms with van der Waals surface area (Å²) in [5.74, 6) is -0.648. The van der Waals surface area contributed by atoms with Crippen LogP contribution in [-0.4, -0.2) is 355 Å². The van der Waals surface area contributed by atoms with E-state index in [0.717, 1.165) is 32.6 Å². The molecule has 62 nitrogen and oxygen atoms in total. The van der Waals surface area contributed by atoms with Gasteiger partial charge in [-0.05, 0) is 62.6 Å². The summed E-state index contributed by atoms with van der Waals surface area (Å²) in [5, 5.41) is 11.8. The van der Waals surface area contributed by atoms with E-state index in [4.69, 9.17) is 185 Å². The summed E-state index contributed by atoms with van der Waals surface area (Å²) in [7, 11) is -4.95. The monoisotopic (exact) mass is 2220 g/mol. The summed E-state index contributed by atoms with van der Waals surface area (Å²) in [6.07, 6.45) is -26.4. The van der Waals surface area contributed by atoms with E-state index in [0.29, 0.717) is 5.56 Å². The maximum atomic E-state index is 15.5. The van der Waals surface area contributed by atoms with E-state index in [9.17, 15) is 53.5 Å². The molecule has 0 spiro atoms. The zero-order valence-corrected chi connectivity index (χ0v) is 86.0. The van der Waals surface area contributed by atoms with Crippen molar-refractivity contribution in [3.05, 3.63) is 119 Å². The smallest absolute Gasteiger partial charge is 0.387 e. The Morgan fingerprint density at radius 2 is 0.753 bits per heavy atom. The fourth-order valence-electron chi connectivity index (χ4n) is 16.8. The molecule has 28 atom stereocenters. The number of rotatable bonds is 52. The molecule has 0 saturated carbocycles. The fourth-order valence-corrected chi connectivity index (χ4v) is 23.0. The summed E-state index contributed by atoms with van der Waals surface area (Å²) in [5.41, 5.74) is 26.7. The first kappa shape index (κ1) is 112. The molecule has 0 aliphatic carbocycles. The average molecular weight is 2220 g/mol. The van der Waals surface area contributed by atoms with E-state index in [1.54, 1.807) is 13.8 Å². The third-order valence-corrected chi connectivity index (χ3v) is 30.4. The number of ether oxygens (including phenoxy) is 16. The number of anilines is 5. The maximum absolute atomic E-state index is 15.5. The predicted octanol–water partition coefficient (Wildman–Crippen LogP) is -1.74. The first-order chi connectivity index (χ1) is 69.6. The Morgan fingerprint density at radius 1 is 0.390 bits per heavy atom. The molecule has 6 fully saturated rings. The minimum Gasteiger partial charge on any atom is -0.387 e. The van der Waals surface area contributed by atoms with Gasteiger partial charge in [-0.1, -0.05) is 6.92 Å². The van der Waals surface area contributed by atoms with E-state index in [1.807, 2.05) is 0 Å². The first-order valence-electron chi connectivity index (χ1n) is 44.6. The lowest BCUT2D eigenvalue weighted by molar-refractivity contribution is -0.0840. The zero-order chi connectivity index (χ0) is 105. The van der Waals surface area contributed by atoms with Gasteiger partial charge < -0.3 is 152 Å². The minimum atomic E-state index is -5.91. The number of aliphatic hydroxyl groups is 1. The molecule has 15 heterocycles. The van der Waals surface area contributed by atoms with Crippen molar-refractivity contribution in [1.82, 2.24) is 87.2 Å². The van der Waals surface area contributed by atoms with Gasteiger partial charge in [0.1, 0.15) is 133 Å². The van der Waals surface area contributed by atoms with E-state index in [1.165, 1.54) is 94.5 Å². The van der Waals surface area contributed by atoms with Gasteiger partial charge in [0.2, 0.25) is 5.95 Å². The molecule has 0 radical (unpaired) electrons. The third kappa shape index (κ3) is 26.0. The largest absolute Gasteiger partial charge is 0.472 e. The van der Waals surface area contributed by atoms with Crippen LogP contribution >= 0.6 is 35.8 Å². The Labute approximate surface area is 840 Å². The Kier molecular flexibility index (Phi) is 37.1. The van der Waals surface area contributed by atoms with Crippen LogP contribution < -0.4 is 56.9 Å². The number of phosphoric acid groups is 2. The van der Waals surface area contributed by atoms with Gasteiger partial charge in [-0.25, -0.2) is 58.4 Å². The number of aryl methyl sites for hydroxylation is 3. The molecule has 806 valence electrons. The van der Waals surface area contributed by atoms with Crippen molar-refractivity contribution in [3.63, 3.8) is 0 Å². The van der Waals surface area contributed by atoms with Gasteiger partial charge in [-0.15, -0.1) is 0 Å². The molecule has 70 heteroatoms. The van der Waals surface area contributed by atoms with Gasteiger partial charge >= 0.3 is 52.9 Å². The second-order valence-electron chi connectivity index (χ2n) is 33.4. The summed E-state index contributed by atoms with van der Waals surface area (Å²) in [4.78, 5) is 176. The summed E-state index contributed by atoms with van der Waals surface area (Å²) >= 11 is 17.2. The second-order valence-corrected chi connectivity index (χ2v) is 44.6. The van der Waals surface area contributed by atoms with Gasteiger partial charge in [0.15, 0.2) is 65.2 Å². The number of hydrogen-bond donors (Lipinski definition) is 13. The Hall–Kier alpha value is -7.98. The summed E-state index contributed by atoms with van der Waals surface area (Å²) < 4.78 is 196. The number of nitrogen functional groups attached to an aromatic ring is 5. The normalized spacial score (nSPS) is 29.1. The lowest BCUT2D eigenvalue weighted by Gasteiger charge is -2.30. The molecule has 0 bridgehead atoms. The fraction of sp³-hybridized carbons (Fsp3) is 0.645. The Morgan fingerprint density at radius 3 is 1.18 bits per heavy atom. The van der Waals surface area contributed by atoms with Crippen LogP contribution in [0.25, 0.3) is 33.5 Å². The minimum absolute atomic E-state index is 0.00481. The number of aromatic nitrogens is 18. The van der Waals surface area contributed by atoms with Crippen LogP contribution in [0, 0.1) is 20.8 Å². The number of hydrogen-bond acceptors (Lipinski definition) is 52. The molecular weight excluding hydrogens is 2110 g/mol. The molecule has 146 heavy (non-hydrogen) atoms. The number of nitrogens with two attached hydrogens (primary N) is 5. The van der Waals surface area contributed by atoms with Crippen molar-refractivity contribution < 1.29 is 160 Å². The number of fused-ring (bicyclic) bond motifs is 3. The zero-order valence-electron chi connectivity index (χ0n) is 79.1. The topological polar surface area (TPSA) is 801 Å². The molecule has 15 rings (SSSR count). The van der Waals surface area contributed by atoms with Crippen LogP contribution in [0.1, 0.15) is 73.8 Å². The highest BCUT2D eigenvalue weighted by atomic mass is 32.5. The molecule has 18 N–H and O–H groups in total. The molecule has 9 aromatic heterocycles. The molecule has 6 saturated heterocycles. The SMILES string of the molecule is CC[C@H]1O[C@@H](n2cnc3c(=O)[nH]c(N)nc32)CC1OP(O)(=S)OC[C@H]1O[C@@H](n2cc(C)c(N)nc2=O)[C@@H](OCCOC)C1OP(=O)(O)OC[C@H]1O[C@@H](n2cnc3c(N)ncnc32)[C@@H](OCCOC)C1OP(=O)(O)OC[C@H]1O[C@@H](n2cc(C)c(=O)[nH]c2=O)[C@@H](OCCOC)C1OP(O)(=S)OC[C@H]1O[C@@H](n2cnc3c(N)ncnc32)[C@@H](OCCOC)C1OP(O)(=S)OC[C@H]1O[C@@H](n2cc(C)c(N)nc2=O)[C@@H](OCCOC)C1O. The summed E-state index contributed by atoms with van der Waals surface area (Å²) in [6.45, 7) is -15.1. The van der Waals surface area contributed by atoms with E-state index in [-0.39, 0.29) is 153 Å². The Bertz CT molecular complexity index is 6640. The van der Waals surface area contributed by atoms with Gasteiger partial charge in [0.05, 0.1) is 130 Å². The van der Waals surface area contributed by atoms with Crippen molar-refractivity contribution in [3.8, 4) is 0 Å². The van der Waals surface area contributed by atoms with Crippen LogP contribution in [0.4, 0.5) is 29.2 Å². The molecule has 0 amide bonds. The lowest BCUT2D eigenvalue weighted by Crippen LogP contribution is -2.42. The number of nitrogens with one attached hydrogen (secondary N) is 2. The van der Waals surface area contributed by atoms with Crippen LogP contribution in [0.5, 0.6) is 0 Å². The second kappa shape index (κ2) is 48.3. The van der Waals surface area contributed by atoms with Gasteiger partial charge in [-0.3, -0.25) is 74.1 Å². The maximum Gasteiger partial charge on any atom is 0.472 e. The summed E-state index contributed by atoms with van der Waals surface area (Å²) in [6, 6.07) is 0. The number of nitrogens with zero attached hydrogens (tertiary/aromatic N) is 16. The van der Waals surface area contributed by atoms with Crippen molar-refractivity contribution in [2.24, 2.45) is 0 Å². The number of phosphoric ester groups is 2. The van der Waals surface area contributed by atoms with Crippen molar-refractivity contribution >= 4 is 134 Å². The molecule has 6 aliphatic rings. The highest BCUT2D eigenvalue weighted by molar-refractivity contribution is 8.07. The van der Waals surface area contributed by atoms with Crippen molar-refractivity contribution in [2.45, 2.75) is 182 Å². The average Bonchev–Trinajstić information content (AvgIpc) is 1.60. The third-order valence-electron chi connectivity index (χ3n) is 23.7. The molecule has 11 unspecified atom stereocenters. The van der Waals surface area contributed by atoms with E-state index in [2.05, 4.69) is 59.8 Å². The van der Waals surface area contributed by atoms with Gasteiger partial charge in [0, 0.05) is 77.3 Å². The molecule has 6 aliphatic heterocycles. The van der Waals surface area contributed by atoms with Gasteiger partial charge in [-0.2, -0.15) is 15.0 Å². The van der Waals surface area contributed by atoms with Crippen LogP contribution in [-0.2, 0) is 166 Å². The Balaban J connectivity index is 0.718. The predicted molar refractivity (Wildman–Crippen MR) is 509 cm³/mol. The van der Waals surface area contributed by atoms with E-state index < -0.39 is 238 Å². The van der Waals surface area contributed by atoms with Crippen molar-refractivity contribution in [2.75, 3.05) is 163 Å². The standard InChI is InChI=1S/C76H110N23O39P5S3/c1-10-38-39(21-45(128-38)97-32-88-48-65(97)91-73(81)92-67(48)102)134-141(110,144)126-28-43-51(55(119-17-12-114-6)69(131-43)95-23-36(3)60(78)90-75(95)104)136-139(106,107)123-26-41-50(56(120-18-13-115-7)71(132-41)98-33-86-46-61(79)82-30-84-63(46)98)135-140(108,109)124-27-42-52(57(121-19-14-116-8)70(130-42)96-24-37(4)66(101)93-76(96)105)137-143(112,146)127-29-44-53(58(122-20-15-117-9)72(133-44)99-34-87-47-62(80)83-31-85-64(47)99)138-142(111,145)125-25-40-49(100)54(118-16-11-113-5)68(129-40)94-22-35(2)59(77)89-74(94)103/h22-24,30-34,38-45,49-58,68-72,100H,10-21,25-29H2,1-9H3,(H,106,107)(H,108,109)(H,110,144)(H,111,145)(H,112,146)(H2,77,89,103)(H2,78,90,104)(H2,79,82,84)(H2,80,83,85)(H,93,101,105)(H3,81,91,92,102)/t38-,39?,40-,41-,42-,43-,44-,45-,49?,50?,51?,52?,53?,54+,55+,56+,57+,58+,68-,69-,70-,71-,72-,141?,142?,143?/m1/s1. The van der Waals surface area contributed by atoms with Crippen LogP contribution in [0.3, 0.4) is 0 Å². The number of imidazole rings is 3. The highest BCUT2D eigenvalue weighted by Gasteiger charge is 2.59. The van der Waals surface area contributed by atoms with E-state index >= 15 is 9.13 Å². The molecule has 0 aromatic carbocycles. The first-order valence-corrected chi connectivity index (χ1v) is 55.4. The molecular formula is C76H110N23O39P5S3. The number of H-pyrrole nitrogens is 2. The number of methoxy groups -OCH3 is 5. The van der Waals surface area contributed by atoms with Crippen LogP contribution in [0.2, 0.25) is 0 Å². The number of aliphatic hydroxyl groups excluding tert-OH is 1. The molecule has 9 aromatic rings. The van der Waals surface area contributed by atoms with Crippen LogP contribution in [0.15, 0.2) is 74.2 Å². The quantitative estimate of drug-likeness (QED) is 0.0149.